The molecule has 0 bridgehead atoms. The molecular formula is C18H19ClN2O2. The maximum atomic E-state index is 11.9. The summed E-state index contributed by atoms with van der Waals surface area (Å²) in [5, 5.41) is 5.89. The summed E-state index contributed by atoms with van der Waals surface area (Å²) in [6.45, 7) is 2.04. The van der Waals surface area contributed by atoms with E-state index in [2.05, 4.69) is 17.6 Å². The molecule has 2 amide bonds. The Labute approximate surface area is 140 Å². The normalized spacial score (nSPS) is 10.2. The van der Waals surface area contributed by atoms with E-state index in [4.69, 9.17) is 11.6 Å². The number of halogens is 1. The lowest BCUT2D eigenvalue weighted by atomic mass is 10.1. The Hall–Kier alpha value is -2.33. The number of hydrogen-bond donors (Lipinski definition) is 2. The van der Waals surface area contributed by atoms with Gasteiger partial charge in [0.25, 0.3) is 5.91 Å². The molecule has 2 aromatic carbocycles. The van der Waals surface area contributed by atoms with Crippen LogP contribution in [0.3, 0.4) is 0 Å². The maximum absolute atomic E-state index is 11.9. The van der Waals surface area contributed by atoms with E-state index < -0.39 is 0 Å². The second kappa shape index (κ2) is 8.34. The third-order valence-corrected chi connectivity index (χ3v) is 3.54. The lowest BCUT2D eigenvalue weighted by Gasteiger charge is -2.08. The van der Waals surface area contributed by atoms with Gasteiger partial charge in [0.1, 0.15) is 0 Å². The van der Waals surface area contributed by atoms with Gasteiger partial charge in [0.05, 0.1) is 6.54 Å². The highest BCUT2D eigenvalue weighted by Crippen LogP contribution is 2.11. The molecule has 4 nitrogen and oxygen atoms in total. The van der Waals surface area contributed by atoms with Crippen LogP contribution in [0.4, 0.5) is 5.69 Å². The van der Waals surface area contributed by atoms with Crippen molar-refractivity contribution < 1.29 is 9.59 Å². The molecule has 2 N–H and O–H groups in total. The van der Waals surface area contributed by atoms with Crippen molar-refractivity contribution >= 4 is 29.1 Å². The number of nitrogens with one attached hydrogen (secondary N) is 2. The minimum absolute atomic E-state index is 0.0851. The highest BCUT2D eigenvalue weighted by molar-refractivity contribution is 6.30. The average Bonchev–Trinajstić information content (AvgIpc) is 2.55. The van der Waals surface area contributed by atoms with Gasteiger partial charge >= 0.3 is 0 Å². The Morgan fingerprint density at radius 2 is 1.65 bits per heavy atom. The van der Waals surface area contributed by atoms with Gasteiger partial charge in [0.2, 0.25) is 5.91 Å². The van der Waals surface area contributed by atoms with Crippen LogP contribution in [0.25, 0.3) is 0 Å². The third kappa shape index (κ3) is 5.42. The van der Waals surface area contributed by atoms with Crippen LogP contribution in [0.1, 0.15) is 29.3 Å². The van der Waals surface area contributed by atoms with Crippen molar-refractivity contribution in [3.05, 3.63) is 64.7 Å². The van der Waals surface area contributed by atoms with Crippen molar-refractivity contribution in [1.82, 2.24) is 5.32 Å². The van der Waals surface area contributed by atoms with Crippen LogP contribution in [0.15, 0.2) is 48.5 Å². The summed E-state index contributed by atoms with van der Waals surface area (Å²) < 4.78 is 0. The molecule has 0 aromatic heterocycles. The molecule has 23 heavy (non-hydrogen) atoms. The van der Waals surface area contributed by atoms with Crippen molar-refractivity contribution in [3.8, 4) is 0 Å². The van der Waals surface area contributed by atoms with Gasteiger partial charge < -0.3 is 10.6 Å². The van der Waals surface area contributed by atoms with E-state index in [1.165, 1.54) is 5.56 Å². The second-order valence-corrected chi connectivity index (χ2v) is 5.62. The number of anilines is 1. The first kappa shape index (κ1) is 17.0. The minimum atomic E-state index is -0.310. The van der Waals surface area contributed by atoms with Crippen molar-refractivity contribution in [2.75, 3.05) is 11.9 Å². The van der Waals surface area contributed by atoms with Gasteiger partial charge in [-0.05, 0) is 48.4 Å². The van der Waals surface area contributed by atoms with Gasteiger partial charge in [-0.25, -0.2) is 0 Å². The number of amides is 2. The first-order valence-electron chi connectivity index (χ1n) is 7.51. The predicted molar refractivity (Wildman–Crippen MR) is 92.9 cm³/mol. The van der Waals surface area contributed by atoms with Crippen LogP contribution in [-0.2, 0) is 11.2 Å². The Morgan fingerprint density at radius 3 is 2.26 bits per heavy atom. The van der Waals surface area contributed by atoms with Gasteiger partial charge in [-0.2, -0.15) is 0 Å². The number of carbonyl (C=O) groups is 2. The topological polar surface area (TPSA) is 58.2 Å². The number of benzene rings is 2. The molecule has 0 aliphatic rings. The lowest BCUT2D eigenvalue weighted by molar-refractivity contribution is -0.115. The Morgan fingerprint density at radius 1 is 1.00 bits per heavy atom. The minimum Gasteiger partial charge on any atom is -0.343 e. The zero-order valence-corrected chi connectivity index (χ0v) is 13.7. The summed E-state index contributed by atoms with van der Waals surface area (Å²) in [6, 6.07) is 14.2. The van der Waals surface area contributed by atoms with Crippen molar-refractivity contribution in [3.63, 3.8) is 0 Å². The summed E-state index contributed by atoms with van der Waals surface area (Å²) in [4.78, 5) is 23.8. The molecule has 0 aliphatic carbocycles. The zero-order valence-electron chi connectivity index (χ0n) is 12.9. The van der Waals surface area contributed by atoms with Crippen molar-refractivity contribution in [2.24, 2.45) is 0 Å². The fourth-order valence-electron chi connectivity index (χ4n) is 2.11. The van der Waals surface area contributed by atoms with E-state index >= 15 is 0 Å². The molecule has 0 heterocycles. The molecule has 0 saturated carbocycles. The summed E-state index contributed by atoms with van der Waals surface area (Å²) in [7, 11) is 0. The fourth-order valence-corrected chi connectivity index (χ4v) is 2.24. The van der Waals surface area contributed by atoms with Gasteiger partial charge in [-0.1, -0.05) is 37.1 Å². The van der Waals surface area contributed by atoms with Gasteiger partial charge in [0.15, 0.2) is 0 Å². The smallest absolute Gasteiger partial charge is 0.251 e. The van der Waals surface area contributed by atoms with Gasteiger partial charge in [0, 0.05) is 16.3 Å². The zero-order chi connectivity index (χ0) is 16.7. The number of hydrogen-bond acceptors (Lipinski definition) is 2. The standard InChI is InChI=1S/C18H19ClN2O2/c1-2-3-13-4-10-16(11-5-13)21-17(22)12-20-18(23)14-6-8-15(19)9-7-14/h4-11H,2-3,12H2,1H3,(H,20,23)(H,21,22). The van der Waals surface area contributed by atoms with Crippen LogP contribution in [0, 0.1) is 0 Å². The second-order valence-electron chi connectivity index (χ2n) is 5.18. The molecular weight excluding hydrogens is 312 g/mol. The van der Waals surface area contributed by atoms with E-state index in [0.717, 1.165) is 18.5 Å². The molecule has 0 saturated heterocycles. The molecule has 0 radical (unpaired) electrons. The van der Waals surface area contributed by atoms with Crippen LogP contribution in [-0.4, -0.2) is 18.4 Å². The van der Waals surface area contributed by atoms with Crippen LogP contribution >= 0.6 is 11.6 Å². The van der Waals surface area contributed by atoms with E-state index in [1.807, 2.05) is 24.3 Å². The van der Waals surface area contributed by atoms with Crippen molar-refractivity contribution in [2.45, 2.75) is 19.8 Å². The van der Waals surface area contributed by atoms with E-state index in [-0.39, 0.29) is 18.4 Å². The van der Waals surface area contributed by atoms with Crippen LogP contribution < -0.4 is 10.6 Å². The van der Waals surface area contributed by atoms with E-state index in [1.54, 1.807) is 24.3 Å². The molecule has 2 aromatic rings. The van der Waals surface area contributed by atoms with Gasteiger partial charge in [-0.15, -0.1) is 0 Å². The van der Waals surface area contributed by atoms with E-state index in [0.29, 0.717) is 10.6 Å². The molecule has 0 atom stereocenters. The van der Waals surface area contributed by atoms with Gasteiger partial charge in [-0.3, -0.25) is 9.59 Å². The monoisotopic (exact) mass is 330 g/mol. The molecule has 2 rings (SSSR count). The summed E-state index contributed by atoms with van der Waals surface area (Å²) in [5.74, 6) is -0.578. The Balaban J connectivity index is 1.82. The first-order chi connectivity index (χ1) is 11.1. The fraction of sp³-hybridized carbons (Fsp3) is 0.222. The van der Waals surface area contributed by atoms with Crippen LogP contribution in [0.5, 0.6) is 0 Å². The van der Waals surface area contributed by atoms with Crippen molar-refractivity contribution in [1.29, 1.82) is 0 Å². The van der Waals surface area contributed by atoms with Crippen LogP contribution in [0.2, 0.25) is 5.02 Å². The molecule has 0 aliphatic heterocycles. The SMILES string of the molecule is CCCc1ccc(NC(=O)CNC(=O)c2ccc(Cl)cc2)cc1. The summed E-state index contributed by atoms with van der Waals surface area (Å²) >= 11 is 5.77. The number of aryl methyl sites for hydroxylation is 1. The highest BCUT2D eigenvalue weighted by Gasteiger charge is 2.08. The summed E-state index contributed by atoms with van der Waals surface area (Å²) in [5.41, 5.74) is 2.42. The Kier molecular flexibility index (Phi) is 6.18. The molecule has 120 valence electrons. The molecule has 0 unspecified atom stereocenters. The number of carbonyl (C=O) groups excluding carboxylic acids is 2. The molecule has 0 spiro atoms. The third-order valence-electron chi connectivity index (χ3n) is 3.29. The largest absolute Gasteiger partial charge is 0.343 e. The Bertz CT molecular complexity index is 666. The molecule has 5 heteroatoms. The maximum Gasteiger partial charge on any atom is 0.251 e. The summed E-state index contributed by atoms with van der Waals surface area (Å²) in [6.07, 6.45) is 2.10. The number of rotatable bonds is 6. The predicted octanol–water partition coefficient (Wildman–Crippen LogP) is 3.66. The lowest BCUT2D eigenvalue weighted by Crippen LogP contribution is -2.32. The van der Waals surface area contributed by atoms with E-state index in [9.17, 15) is 9.59 Å². The highest BCUT2D eigenvalue weighted by atomic mass is 35.5. The molecule has 0 fully saturated rings. The first-order valence-corrected chi connectivity index (χ1v) is 7.89. The average molecular weight is 331 g/mol. The quantitative estimate of drug-likeness (QED) is 0.849.